The lowest BCUT2D eigenvalue weighted by molar-refractivity contribution is -0.137. The minimum Gasteiger partial charge on any atom is -0.378 e. The third kappa shape index (κ3) is 2.89. The number of benzene rings is 2. The van der Waals surface area contributed by atoms with Crippen LogP contribution in [0.4, 0.5) is 18.9 Å². The summed E-state index contributed by atoms with van der Waals surface area (Å²) in [7, 11) is 0. The first-order chi connectivity index (χ1) is 9.93. The summed E-state index contributed by atoms with van der Waals surface area (Å²) in [5, 5.41) is 3.34. The molecule has 2 aromatic rings. The van der Waals surface area contributed by atoms with Crippen LogP contribution < -0.4 is 5.32 Å². The summed E-state index contributed by atoms with van der Waals surface area (Å²) >= 11 is 0. The van der Waals surface area contributed by atoms with Crippen molar-refractivity contribution < 1.29 is 13.2 Å². The molecule has 0 fully saturated rings. The van der Waals surface area contributed by atoms with Crippen molar-refractivity contribution >= 4 is 5.69 Å². The normalized spacial score (nSPS) is 17.6. The molecular formula is C17H16F3N. The zero-order chi connectivity index (χ0) is 15.0. The van der Waals surface area contributed by atoms with Crippen molar-refractivity contribution in [2.45, 2.75) is 32.0 Å². The second-order valence-electron chi connectivity index (χ2n) is 5.51. The summed E-state index contributed by atoms with van der Waals surface area (Å²) in [4.78, 5) is 0. The molecule has 2 aromatic carbocycles. The van der Waals surface area contributed by atoms with E-state index in [1.807, 2.05) is 6.92 Å². The Morgan fingerprint density at radius 3 is 2.43 bits per heavy atom. The topological polar surface area (TPSA) is 12.0 Å². The Labute approximate surface area is 121 Å². The van der Waals surface area contributed by atoms with Crippen LogP contribution in [-0.2, 0) is 12.6 Å². The number of anilines is 1. The van der Waals surface area contributed by atoms with Gasteiger partial charge in [0.15, 0.2) is 0 Å². The molecule has 1 aliphatic rings. The predicted octanol–water partition coefficient (Wildman–Crippen LogP) is 5.11. The number of alkyl halides is 3. The summed E-state index contributed by atoms with van der Waals surface area (Å²) < 4.78 is 37.6. The lowest BCUT2D eigenvalue weighted by atomic mass is 10.0. The molecule has 110 valence electrons. The van der Waals surface area contributed by atoms with Crippen LogP contribution in [0.1, 0.15) is 34.7 Å². The molecule has 0 aromatic heterocycles. The van der Waals surface area contributed by atoms with Crippen LogP contribution in [0.5, 0.6) is 0 Å². The molecule has 0 heterocycles. The van der Waals surface area contributed by atoms with Gasteiger partial charge in [0, 0.05) is 5.69 Å². The SMILES string of the molecule is Cc1ccc2c(c1)C(Nc1ccc(C(F)(F)F)cc1)CC2. The maximum absolute atomic E-state index is 12.5. The van der Waals surface area contributed by atoms with Gasteiger partial charge in [-0.05, 0) is 55.2 Å². The quantitative estimate of drug-likeness (QED) is 0.810. The molecule has 0 saturated carbocycles. The van der Waals surface area contributed by atoms with Gasteiger partial charge in [-0.2, -0.15) is 13.2 Å². The molecular weight excluding hydrogens is 275 g/mol. The van der Waals surface area contributed by atoms with Crippen molar-refractivity contribution in [1.29, 1.82) is 0 Å². The highest BCUT2D eigenvalue weighted by molar-refractivity contribution is 5.50. The fraction of sp³-hybridized carbons (Fsp3) is 0.294. The predicted molar refractivity (Wildman–Crippen MR) is 77.3 cm³/mol. The molecule has 21 heavy (non-hydrogen) atoms. The van der Waals surface area contributed by atoms with Crippen LogP contribution >= 0.6 is 0 Å². The molecule has 1 N–H and O–H groups in total. The number of nitrogens with one attached hydrogen (secondary N) is 1. The van der Waals surface area contributed by atoms with E-state index in [1.54, 1.807) is 0 Å². The van der Waals surface area contributed by atoms with E-state index >= 15 is 0 Å². The molecule has 0 amide bonds. The van der Waals surface area contributed by atoms with Gasteiger partial charge in [0.05, 0.1) is 11.6 Å². The van der Waals surface area contributed by atoms with Crippen molar-refractivity contribution in [3.05, 3.63) is 64.7 Å². The van der Waals surface area contributed by atoms with Crippen molar-refractivity contribution in [2.24, 2.45) is 0 Å². The summed E-state index contributed by atoms with van der Waals surface area (Å²) in [6, 6.07) is 11.8. The smallest absolute Gasteiger partial charge is 0.378 e. The number of rotatable bonds is 2. The van der Waals surface area contributed by atoms with E-state index in [2.05, 4.69) is 23.5 Å². The largest absolute Gasteiger partial charge is 0.416 e. The molecule has 0 spiro atoms. The fourth-order valence-electron chi connectivity index (χ4n) is 2.83. The van der Waals surface area contributed by atoms with Crippen LogP contribution in [-0.4, -0.2) is 0 Å². The Morgan fingerprint density at radius 2 is 1.76 bits per heavy atom. The minimum absolute atomic E-state index is 0.177. The first-order valence-corrected chi connectivity index (χ1v) is 6.97. The maximum Gasteiger partial charge on any atom is 0.416 e. The van der Waals surface area contributed by atoms with Crippen molar-refractivity contribution in [3.63, 3.8) is 0 Å². The molecule has 0 radical (unpaired) electrons. The second-order valence-corrected chi connectivity index (χ2v) is 5.51. The number of halogens is 3. The van der Waals surface area contributed by atoms with Gasteiger partial charge >= 0.3 is 6.18 Å². The number of fused-ring (bicyclic) bond motifs is 1. The monoisotopic (exact) mass is 291 g/mol. The molecule has 1 nitrogen and oxygen atoms in total. The highest BCUT2D eigenvalue weighted by Crippen LogP contribution is 2.35. The maximum atomic E-state index is 12.5. The average molecular weight is 291 g/mol. The zero-order valence-corrected chi connectivity index (χ0v) is 11.7. The van der Waals surface area contributed by atoms with Crippen molar-refractivity contribution in [1.82, 2.24) is 0 Å². The first kappa shape index (κ1) is 14.0. The Balaban J connectivity index is 1.78. The summed E-state index contributed by atoms with van der Waals surface area (Å²) in [6.45, 7) is 2.05. The summed E-state index contributed by atoms with van der Waals surface area (Å²) in [6.07, 6.45) is -2.30. The third-order valence-electron chi connectivity index (χ3n) is 3.93. The minimum atomic E-state index is -4.28. The molecule has 0 aliphatic heterocycles. The van der Waals surface area contributed by atoms with E-state index in [1.165, 1.54) is 28.8 Å². The van der Waals surface area contributed by atoms with E-state index in [4.69, 9.17) is 0 Å². The van der Waals surface area contributed by atoms with Gasteiger partial charge < -0.3 is 5.32 Å². The van der Waals surface area contributed by atoms with E-state index in [0.717, 1.165) is 30.7 Å². The highest BCUT2D eigenvalue weighted by Gasteiger charge is 2.30. The zero-order valence-electron chi connectivity index (χ0n) is 11.7. The van der Waals surface area contributed by atoms with Crippen LogP contribution in [0.25, 0.3) is 0 Å². The van der Waals surface area contributed by atoms with Gasteiger partial charge in [-0.1, -0.05) is 23.8 Å². The Kier molecular flexibility index (Phi) is 3.40. The lowest BCUT2D eigenvalue weighted by Gasteiger charge is -2.16. The first-order valence-electron chi connectivity index (χ1n) is 6.97. The van der Waals surface area contributed by atoms with Gasteiger partial charge in [-0.15, -0.1) is 0 Å². The lowest BCUT2D eigenvalue weighted by Crippen LogP contribution is -2.08. The summed E-state index contributed by atoms with van der Waals surface area (Å²) in [5.41, 5.74) is 3.90. The van der Waals surface area contributed by atoms with Gasteiger partial charge in [0.2, 0.25) is 0 Å². The van der Waals surface area contributed by atoms with E-state index in [9.17, 15) is 13.2 Å². The Hall–Kier alpha value is -1.97. The van der Waals surface area contributed by atoms with Crippen LogP contribution in [0.2, 0.25) is 0 Å². The molecule has 1 aliphatic carbocycles. The third-order valence-corrected chi connectivity index (χ3v) is 3.93. The van der Waals surface area contributed by atoms with E-state index in [-0.39, 0.29) is 6.04 Å². The van der Waals surface area contributed by atoms with Crippen molar-refractivity contribution in [2.75, 3.05) is 5.32 Å². The highest BCUT2D eigenvalue weighted by atomic mass is 19.4. The van der Waals surface area contributed by atoms with Gasteiger partial charge in [0.25, 0.3) is 0 Å². The molecule has 1 unspecified atom stereocenters. The average Bonchev–Trinajstić information content (AvgIpc) is 2.81. The molecule has 4 heteroatoms. The summed E-state index contributed by atoms with van der Waals surface area (Å²) in [5.74, 6) is 0. The van der Waals surface area contributed by atoms with Crippen LogP contribution in [0.15, 0.2) is 42.5 Å². The molecule has 3 rings (SSSR count). The molecule has 0 bridgehead atoms. The number of hydrogen-bond acceptors (Lipinski definition) is 1. The number of hydrogen-bond donors (Lipinski definition) is 1. The van der Waals surface area contributed by atoms with E-state index < -0.39 is 11.7 Å². The Morgan fingerprint density at radius 1 is 1.05 bits per heavy atom. The van der Waals surface area contributed by atoms with Gasteiger partial charge in [0.1, 0.15) is 0 Å². The van der Waals surface area contributed by atoms with Gasteiger partial charge in [-0.25, -0.2) is 0 Å². The fourth-order valence-corrected chi connectivity index (χ4v) is 2.83. The van der Waals surface area contributed by atoms with Crippen LogP contribution in [0, 0.1) is 6.92 Å². The van der Waals surface area contributed by atoms with Crippen molar-refractivity contribution in [3.8, 4) is 0 Å². The number of aryl methyl sites for hydroxylation is 2. The standard InChI is InChI=1S/C17H16F3N/c1-11-2-3-12-4-9-16(15(12)10-11)21-14-7-5-13(6-8-14)17(18,19)20/h2-3,5-8,10,16,21H,4,9H2,1H3. The second kappa shape index (κ2) is 5.10. The molecule has 1 atom stereocenters. The van der Waals surface area contributed by atoms with Gasteiger partial charge in [-0.3, -0.25) is 0 Å². The van der Waals surface area contributed by atoms with E-state index in [0.29, 0.717) is 0 Å². The Bertz CT molecular complexity index is 644. The molecule has 0 saturated heterocycles. The van der Waals surface area contributed by atoms with Crippen LogP contribution in [0.3, 0.4) is 0 Å².